The lowest BCUT2D eigenvalue weighted by Gasteiger charge is -2.27. The van der Waals surface area contributed by atoms with Crippen molar-refractivity contribution >= 4 is 5.69 Å². The molecule has 0 saturated carbocycles. The molecule has 0 aliphatic heterocycles. The van der Waals surface area contributed by atoms with Crippen LogP contribution in [0, 0.1) is 18.3 Å². The minimum atomic E-state index is 0.645. The van der Waals surface area contributed by atoms with Crippen molar-refractivity contribution in [2.45, 2.75) is 13.3 Å². The summed E-state index contributed by atoms with van der Waals surface area (Å²) in [6.07, 6.45) is 0.930. The zero-order valence-electron chi connectivity index (χ0n) is 12.0. The summed E-state index contributed by atoms with van der Waals surface area (Å²) in [6, 6.07) is 8.08. The van der Waals surface area contributed by atoms with E-state index in [9.17, 15) is 5.26 Å². The minimum absolute atomic E-state index is 0.645. The maximum absolute atomic E-state index is 9.26. The Labute approximate surface area is 115 Å². The van der Waals surface area contributed by atoms with Gasteiger partial charge in [0.15, 0.2) is 0 Å². The monoisotopic (exact) mass is 262 g/mol. The van der Waals surface area contributed by atoms with Crippen molar-refractivity contribution in [3.8, 4) is 6.07 Å². The van der Waals surface area contributed by atoms with Crippen molar-refractivity contribution < 1.29 is 9.47 Å². The van der Waals surface area contributed by atoms with Crippen LogP contribution in [0.1, 0.15) is 17.5 Å². The summed E-state index contributed by atoms with van der Waals surface area (Å²) >= 11 is 0. The summed E-state index contributed by atoms with van der Waals surface area (Å²) in [6.45, 7) is 5.03. The van der Waals surface area contributed by atoms with Gasteiger partial charge >= 0.3 is 0 Å². The van der Waals surface area contributed by atoms with Crippen molar-refractivity contribution in [3.05, 3.63) is 29.3 Å². The molecule has 0 N–H and O–H groups in total. The number of nitriles is 1. The topological polar surface area (TPSA) is 45.5 Å². The lowest BCUT2D eigenvalue weighted by Crippen LogP contribution is -2.30. The number of ether oxygens (including phenoxy) is 2. The minimum Gasteiger partial charge on any atom is -0.385 e. The number of hydrogen-bond acceptors (Lipinski definition) is 4. The highest BCUT2D eigenvalue weighted by Gasteiger charge is 2.13. The number of benzene rings is 1. The average Bonchev–Trinajstić information content (AvgIpc) is 2.43. The van der Waals surface area contributed by atoms with Gasteiger partial charge in [0.2, 0.25) is 0 Å². The van der Waals surface area contributed by atoms with Gasteiger partial charge in [-0.3, -0.25) is 0 Å². The van der Waals surface area contributed by atoms with Crippen LogP contribution in [0.3, 0.4) is 0 Å². The van der Waals surface area contributed by atoms with E-state index in [1.807, 2.05) is 25.1 Å². The maximum atomic E-state index is 9.26. The van der Waals surface area contributed by atoms with Gasteiger partial charge in [-0.1, -0.05) is 12.1 Å². The highest BCUT2D eigenvalue weighted by Crippen LogP contribution is 2.24. The lowest BCUT2D eigenvalue weighted by molar-refractivity contribution is 0.191. The molecular weight excluding hydrogens is 240 g/mol. The van der Waals surface area contributed by atoms with Crippen molar-refractivity contribution in [1.29, 1.82) is 5.26 Å². The fraction of sp³-hybridized carbons (Fsp3) is 0.533. The number of hydrogen-bond donors (Lipinski definition) is 0. The fourth-order valence-corrected chi connectivity index (χ4v) is 2.11. The Kier molecular flexibility index (Phi) is 6.94. The molecule has 0 amide bonds. The molecule has 0 spiro atoms. The summed E-state index contributed by atoms with van der Waals surface area (Å²) < 4.78 is 10.3. The normalized spacial score (nSPS) is 10.2. The molecule has 0 unspecified atom stereocenters. The van der Waals surface area contributed by atoms with E-state index in [1.54, 1.807) is 14.2 Å². The quantitative estimate of drug-likeness (QED) is 0.675. The van der Waals surface area contributed by atoms with E-state index < -0.39 is 0 Å². The number of anilines is 1. The molecule has 0 aliphatic rings. The second-order valence-electron chi connectivity index (χ2n) is 4.41. The summed E-state index contributed by atoms with van der Waals surface area (Å²) in [7, 11) is 3.39. The first-order chi connectivity index (χ1) is 9.24. The number of nitrogens with zero attached hydrogens (tertiary/aromatic N) is 2. The van der Waals surface area contributed by atoms with Crippen molar-refractivity contribution in [2.75, 3.05) is 45.4 Å². The van der Waals surface area contributed by atoms with E-state index in [0.29, 0.717) is 12.2 Å². The van der Waals surface area contributed by atoms with Crippen LogP contribution in [0.15, 0.2) is 18.2 Å². The first kappa shape index (κ1) is 15.5. The van der Waals surface area contributed by atoms with Crippen molar-refractivity contribution in [1.82, 2.24) is 0 Å². The van der Waals surface area contributed by atoms with E-state index in [1.165, 1.54) is 0 Å². The first-order valence-electron chi connectivity index (χ1n) is 6.47. The average molecular weight is 262 g/mol. The molecule has 4 heteroatoms. The molecule has 104 valence electrons. The number of para-hydroxylation sites is 1. The van der Waals surface area contributed by atoms with Crippen LogP contribution < -0.4 is 4.90 Å². The van der Waals surface area contributed by atoms with Gasteiger partial charge in [-0.15, -0.1) is 0 Å². The summed E-state index contributed by atoms with van der Waals surface area (Å²) in [5.74, 6) is 0. The van der Waals surface area contributed by atoms with Crippen molar-refractivity contribution in [3.63, 3.8) is 0 Å². The van der Waals surface area contributed by atoms with Gasteiger partial charge in [-0.05, 0) is 25.0 Å². The Morgan fingerprint density at radius 3 is 2.53 bits per heavy atom. The molecule has 1 aromatic carbocycles. The Bertz CT molecular complexity index is 427. The molecule has 1 rings (SSSR count). The summed E-state index contributed by atoms with van der Waals surface area (Å²) in [5.41, 5.74) is 2.85. The Morgan fingerprint density at radius 1 is 1.16 bits per heavy atom. The standard InChI is InChI=1S/C15H22N2O2/c1-13-6-4-7-14(12-16)15(13)17(9-11-19-3)8-5-10-18-2/h4,6-7H,5,8-11H2,1-3H3. The maximum Gasteiger partial charge on any atom is 0.101 e. The third-order valence-electron chi connectivity index (χ3n) is 3.02. The molecule has 0 fully saturated rings. The summed E-state index contributed by atoms with van der Waals surface area (Å²) in [5, 5.41) is 9.26. The van der Waals surface area contributed by atoms with Crippen LogP contribution in [-0.2, 0) is 9.47 Å². The molecule has 0 radical (unpaired) electrons. The van der Waals surface area contributed by atoms with Crippen molar-refractivity contribution in [2.24, 2.45) is 0 Å². The predicted molar refractivity (Wildman–Crippen MR) is 76.5 cm³/mol. The lowest BCUT2D eigenvalue weighted by atomic mass is 10.1. The van der Waals surface area contributed by atoms with Gasteiger partial charge in [0.25, 0.3) is 0 Å². The fourth-order valence-electron chi connectivity index (χ4n) is 2.11. The van der Waals surface area contributed by atoms with E-state index in [4.69, 9.17) is 9.47 Å². The molecule has 19 heavy (non-hydrogen) atoms. The third kappa shape index (κ3) is 4.55. The molecule has 1 aromatic rings. The molecule has 0 atom stereocenters. The number of aryl methyl sites for hydroxylation is 1. The molecule has 0 bridgehead atoms. The van der Waals surface area contributed by atoms with Gasteiger partial charge in [0.05, 0.1) is 17.9 Å². The molecule has 0 aliphatic carbocycles. The SMILES string of the molecule is COCCCN(CCOC)c1c(C)cccc1C#N. The second kappa shape index (κ2) is 8.52. The van der Waals surface area contributed by atoms with Crippen LogP contribution in [-0.4, -0.2) is 40.5 Å². The van der Waals surface area contributed by atoms with Gasteiger partial charge in [0.1, 0.15) is 6.07 Å². The first-order valence-corrected chi connectivity index (χ1v) is 6.47. The van der Waals surface area contributed by atoms with Gasteiger partial charge in [-0.25, -0.2) is 0 Å². The van der Waals surface area contributed by atoms with Crippen LogP contribution in [0.25, 0.3) is 0 Å². The molecule has 0 saturated heterocycles. The van der Waals surface area contributed by atoms with Crippen LogP contribution in [0.2, 0.25) is 0 Å². The zero-order chi connectivity index (χ0) is 14.1. The summed E-state index contributed by atoms with van der Waals surface area (Å²) in [4.78, 5) is 2.20. The molecule has 4 nitrogen and oxygen atoms in total. The van der Waals surface area contributed by atoms with E-state index in [2.05, 4.69) is 11.0 Å². The molecule has 0 aromatic heterocycles. The highest BCUT2D eigenvalue weighted by molar-refractivity contribution is 5.64. The second-order valence-corrected chi connectivity index (χ2v) is 4.41. The largest absolute Gasteiger partial charge is 0.385 e. The Morgan fingerprint density at radius 2 is 1.89 bits per heavy atom. The van der Waals surface area contributed by atoms with Crippen LogP contribution >= 0.6 is 0 Å². The van der Waals surface area contributed by atoms with E-state index in [-0.39, 0.29) is 0 Å². The Hall–Kier alpha value is -1.57. The molecule has 0 heterocycles. The van der Waals surface area contributed by atoms with Gasteiger partial charge in [-0.2, -0.15) is 5.26 Å². The Balaban J connectivity index is 2.92. The van der Waals surface area contributed by atoms with Gasteiger partial charge in [0, 0.05) is 33.9 Å². The highest BCUT2D eigenvalue weighted by atomic mass is 16.5. The van der Waals surface area contributed by atoms with Crippen LogP contribution in [0.4, 0.5) is 5.69 Å². The third-order valence-corrected chi connectivity index (χ3v) is 3.02. The number of methoxy groups -OCH3 is 2. The van der Waals surface area contributed by atoms with E-state index >= 15 is 0 Å². The smallest absolute Gasteiger partial charge is 0.101 e. The number of rotatable bonds is 8. The van der Waals surface area contributed by atoms with Gasteiger partial charge < -0.3 is 14.4 Å². The van der Waals surface area contributed by atoms with Crippen LogP contribution in [0.5, 0.6) is 0 Å². The molecular formula is C15H22N2O2. The zero-order valence-corrected chi connectivity index (χ0v) is 12.0. The predicted octanol–water partition coefficient (Wildman–Crippen LogP) is 2.36. The van der Waals surface area contributed by atoms with E-state index in [0.717, 1.165) is 37.4 Å².